The number of hydrogen-bond acceptors (Lipinski definition) is 4. The van der Waals surface area contributed by atoms with Crippen molar-refractivity contribution in [1.29, 1.82) is 0 Å². The molecule has 4 nitrogen and oxygen atoms in total. The van der Waals surface area contributed by atoms with Crippen LogP contribution in [-0.2, 0) is 0 Å². The molecule has 0 atom stereocenters. The van der Waals surface area contributed by atoms with E-state index < -0.39 is 0 Å². The molecule has 1 aromatic carbocycles. The first-order chi connectivity index (χ1) is 7.18. The highest BCUT2D eigenvalue weighted by atomic mass is 15.2. The largest absolute Gasteiger partial charge is 0.398 e. The summed E-state index contributed by atoms with van der Waals surface area (Å²) in [5.74, 6) is 0.580. The molecule has 0 aliphatic heterocycles. The molecule has 0 saturated carbocycles. The summed E-state index contributed by atoms with van der Waals surface area (Å²) in [6.07, 6.45) is 0. The fourth-order valence-electron chi connectivity index (χ4n) is 1.27. The first kappa shape index (κ1) is 9.58. The second kappa shape index (κ2) is 3.65. The molecule has 76 valence electrons. The Labute approximate surface area is 88.2 Å². The van der Waals surface area contributed by atoms with E-state index in [9.17, 15) is 0 Å². The molecule has 1 heterocycles. The normalized spacial score (nSPS) is 10.3. The van der Waals surface area contributed by atoms with Gasteiger partial charge in [0.2, 0.25) is 0 Å². The maximum absolute atomic E-state index is 5.83. The van der Waals surface area contributed by atoms with Gasteiger partial charge in [-0.3, -0.25) is 0 Å². The maximum Gasteiger partial charge on any atom is 0.184 e. The predicted octanol–water partition coefficient (Wildman–Crippen LogP) is 1.74. The van der Waals surface area contributed by atoms with Crippen molar-refractivity contribution in [2.75, 3.05) is 5.73 Å². The van der Waals surface area contributed by atoms with Crippen LogP contribution in [0.15, 0.2) is 24.3 Å². The number of aromatic nitrogens is 3. The van der Waals surface area contributed by atoms with Gasteiger partial charge in [0.15, 0.2) is 5.82 Å². The average molecular weight is 200 g/mol. The average Bonchev–Trinajstić information content (AvgIpc) is 2.23. The molecule has 15 heavy (non-hydrogen) atoms. The van der Waals surface area contributed by atoms with Gasteiger partial charge in [0.25, 0.3) is 0 Å². The van der Waals surface area contributed by atoms with Crippen LogP contribution >= 0.6 is 0 Å². The fraction of sp³-hybridized carbons (Fsp3) is 0.182. The summed E-state index contributed by atoms with van der Waals surface area (Å²) in [5.41, 5.74) is 9.05. The summed E-state index contributed by atoms with van der Waals surface area (Å²) >= 11 is 0. The Balaban J connectivity index is 2.55. The Bertz CT molecular complexity index is 494. The number of nitrogens with two attached hydrogens (primary N) is 1. The molecule has 2 aromatic rings. The molecule has 2 N–H and O–H groups in total. The molecule has 1 aromatic heterocycles. The first-order valence-corrected chi connectivity index (χ1v) is 4.71. The number of benzene rings is 1. The third kappa shape index (κ3) is 1.79. The van der Waals surface area contributed by atoms with Gasteiger partial charge in [-0.1, -0.05) is 12.1 Å². The Kier molecular flexibility index (Phi) is 2.33. The summed E-state index contributed by atoms with van der Waals surface area (Å²) < 4.78 is 0. The molecular formula is C11H12N4. The molecule has 0 fully saturated rings. The van der Waals surface area contributed by atoms with Gasteiger partial charge in [0, 0.05) is 11.3 Å². The fourth-order valence-corrected chi connectivity index (χ4v) is 1.27. The lowest BCUT2D eigenvalue weighted by molar-refractivity contribution is 0.905. The second-order valence-corrected chi connectivity index (χ2v) is 3.39. The highest BCUT2D eigenvalue weighted by Crippen LogP contribution is 2.21. The van der Waals surface area contributed by atoms with Gasteiger partial charge in [-0.15, -0.1) is 5.10 Å². The third-order valence-electron chi connectivity index (χ3n) is 2.29. The molecule has 4 heteroatoms. The summed E-state index contributed by atoms with van der Waals surface area (Å²) in [6.45, 7) is 3.79. The van der Waals surface area contributed by atoms with Crippen LogP contribution in [-0.4, -0.2) is 15.2 Å². The molecule has 0 saturated heterocycles. The van der Waals surface area contributed by atoms with Crippen molar-refractivity contribution in [3.63, 3.8) is 0 Å². The van der Waals surface area contributed by atoms with Crippen LogP contribution < -0.4 is 5.73 Å². The number of nitrogens with zero attached hydrogens (tertiary/aromatic N) is 3. The van der Waals surface area contributed by atoms with Gasteiger partial charge >= 0.3 is 0 Å². The van der Waals surface area contributed by atoms with Crippen molar-refractivity contribution in [2.45, 2.75) is 13.8 Å². The van der Waals surface area contributed by atoms with Crippen LogP contribution in [0.3, 0.4) is 0 Å². The molecule has 0 amide bonds. The van der Waals surface area contributed by atoms with E-state index >= 15 is 0 Å². The topological polar surface area (TPSA) is 64.7 Å². The minimum atomic E-state index is 0.580. The zero-order valence-electron chi connectivity index (χ0n) is 8.73. The van der Waals surface area contributed by atoms with Crippen molar-refractivity contribution in [1.82, 2.24) is 15.2 Å². The van der Waals surface area contributed by atoms with Gasteiger partial charge in [-0.25, -0.2) is 4.98 Å². The lowest BCUT2D eigenvalue weighted by Gasteiger charge is -2.04. The van der Waals surface area contributed by atoms with Crippen LogP contribution in [0.2, 0.25) is 0 Å². The lowest BCUT2D eigenvalue weighted by Crippen LogP contribution is -2.00. The van der Waals surface area contributed by atoms with E-state index in [1.807, 2.05) is 38.1 Å². The third-order valence-corrected chi connectivity index (χ3v) is 2.29. The van der Waals surface area contributed by atoms with E-state index in [4.69, 9.17) is 5.73 Å². The molecule has 2 rings (SSSR count). The zero-order valence-corrected chi connectivity index (χ0v) is 8.73. The van der Waals surface area contributed by atoms with Crippen LogP contribution in [0.5, 0.6) is 0 Å². The molecule has 0 spiro atoms. The van der Waals surface area contributed by atoms with Gasteiger partial charge < -0.3 is 5.73 Å². The number of aryl methyl sites for hydroxylation is 2. The second-order valence-electron chi connectivity index (χ2n) is 3.39. The van der Waals surface area contributed by atoms with Gasteiger partial charge in [-0.2, -0.15) is 5.10 Å². The van der Waals surface area contributed by atoms with Crippen LogP contribution in [0.4, 0.5) is 5.69 Å². The summed E-state index contributed by atoms with van der Waals surface area (Å²) in [6, 6.07) is 7.51. The number of nitrogen functional groups attached to an aromatic ring is 1. The van der Waals surface area contributed by atoms with Crippen LogP contribution in [0.1, 0.15) is 11.4 Å². The van der Waals surface area contributed by atoms with E-state index in [2.05, 4.69) is 15.2 Å². The first-order valence-electron chi connectivity index (χ1n) is 4.71. The van der Waals surface area contributed by atoms with Crippen molar-refractivity contribution < 1.29 is 0 Å². The number of anilines is 1. The van der Waals surface area contributed by atoms with Gasteiger partial charge in [-0.05, 0) is 26.0 Å². The SMILES string of the molecule is Cc1nnc(-c2ccccc2N)nc1C. The van der Waals surface area contributed by atoms with Crippen LogP contribution in [0, 0.1) is 13.8 Å². The van der Waals surface area contributed by atoms with Gasteiger partial charge in [0.05, 0.1) is 11.4 Å². The standard InChI is InChI=1S/C11H12N4/c1-7-8(2)14-15-11(13-7)9-5-3-4-6-10(9)12/h3-6H,12H2,1-2H3. The Morgan fingerprint density at radius 3 is 2.40 bits per heavy atom. The number of hydrogen-bond donors (Lipinski definition) is 1. The molecular weight excluding hydrogens is 188 g/mol. The molecule has 0 bridgehead atoms. The molecule has 0 radical (unpaired) electrons. The highest BCUT2D eigenvalue weighted by Gasteiger charge is 2.06. The van der Waals surface area contributed by atoms with Crippen molar-refractivity contribution >= 4 is 5.69 Å². The van der Waals surface area contributed by atoms with E-state index in [1.165, 1.54) is 0 Å². The monoisotopic (exact) mass is 200 g/mol. The lowest BCUT2D eigenvalue weighted by atomic mass is 10.1. The van der Waals surface area contributed by atoms with Crippen molar-refractivity contribution in [3.8, 4) is 11.4 Å². The summed E-state index contributed by atoms with van der Waals surface area (Å²) in [7, 11) is 0. The van der Waals surface area contributed by atoms with E-state index in [0.717, 1.165) is 17.0 Å². The van der Waals surface area contributed by atoms with Crippen molar-refractivity contribution in [2.24, 2.45) is 0 Å². The van der Waals surface area contributed by atoms with E-state index in [-0.39, 0.29) is 0 Å². The maximum atomic E-state index is 5.83. The van der Waals surface area contributed by atoms with E-state index in [0.29, 0.717) is 11.5 Å². The van der Waals surface area contributed by atoms with Crippen LogP contribution in [0.25, 0.3) is 11.4 Å². The minimum absolute atomic E-state index is 0.580. The Morgan fingerprint density at radius 1 is 1.00 bits per heavy atom. The quantitative estimate of drug-likeness (QED) is 0.712. The predicted molar refractivity (Wildman–Crippen MR) is 59.1 cm³/mol. The van der Waals surface area contributed by atoms with Gasteiger partial charge in [0.1, 0.15) is 0 Å². The molecule has 0 unspecified atom stereocenters. The smallest absolute Gasteiger partial charge is 0.184 e. The number of para-hydroxylation sites is 1. The summed E-state index contributed by atoms with van der Waals surface area (Å²) in [5, 5.41) is 8.06. The minimum Gasteiger partial charge on any atom is -0.398 e. The zero-order chi connectivity index (χ0) is 10.8. The molecule has 0 aliphatic rings. The van der Waals surface area contributed by atoms with E-state index in [1.54, 1.807) is 0 Å². The molecule has 0 aliphatic carbocycles. The highest BCUT2D eigenvalue weighted by molar-refractivity contribution is 5.70. The number of rotatable bonds is 1. The Morgan fingerprint density at radius 2 is 1.73 bits per heavy atom. The summed E-state index contributed by atoms with van der Waals surface area (Å²) in [4.78, 5) is 4.35. The van der Waals surface area contributed by atoms with Crippen molar-refractivity contribution in [3.05, 3.63) is 35.7 Å². The Hall–Kier alpha value is -1.97.